The highest BCUT2D eigenvalue weighted by Crippen LogP contribution is 2.30. The molecule has 1 aromatic heterocycles. The van der Waals surface area contributed by atoms with Crippen LogP contribution in [0.3, 0.4) is 0 Å². The monoisotopic (exact) mass is 694 g/mol. The Kier molecular flexibility index (Phi) is 13.2. The van der Waals surface area contributed by atoms with Gasteiger partial charge in [-0.1, -0.05) is 65.0 Å². The predicted octanol–water partition coefficient (Wildman–Crippen LogP) is 5.55. The number of carbonyl (C=O) groups is 3. The van der Waals surface area contributed by atoms with Gasteiger partial charge in [0.05, 0.1) is 25.1 Å². The van der Waals surface area contributed by atoms with Crippen LogP contribution in [0, 0.1) is 11.8 Å². The van der Waals surface area contributed by atoms with Gasteiger partial charge in [0.1, 0.15) is 28.9 Å². The van der Waals surface area contributed by atoms with Gasteiger partial charge >= 0.3 is 6.09 Å². The molecule has 2 aliphatic heterocycles. The quantitative estimate of drug-likeness (QED) is 0.302. The van der Waals surface area contributed by atoms with Crippen LogP contribution in [-0.4, -0.2) is 114 Å². The predicted molar refractivity (Wildman–Crippen MR) is 193 cm³/mol. The van der Waals surface area contributed by atoms with Gasteiger partial charge < -0.3 is 34.2 Å². The number of ether oxygens (including phenoxy) is 3. The molecule has 0 bridgehead atoms. The number of piperidine rings is 1. The van der Waals surface area contributed by atoms with Crippen molar-refractivity contribution in [3.63, 3.8) is 0 Å². The van der Waals surface area contributed by atoms with E-state index in [9.17, 15) is 14.4 Å². The third-order valence-corrected chi connectivity index (χ3v) is 8.75. The van der Waals surface area contributed by atoms with Gasteiger partial charge in [-0.25, -0.2) is 14.8 Å². The van der Waals surface area contributed by atoms with Crippen LogP contribution in [0.5, 0.6) is 0 Å². The molecule has 2 aromatic rings. The number of carbonyl (C=O) groups excluding carboxylic acids is 3. The Morgan fingerprint density at radius 2 is 1.76 bits per heavy atom. The average molecular weight is 695 g/mol. The van der Waals surface area contributed by atoms with Crippen LogP contribution in [0.25, 0.3) is 0 Å². The topological polar surface area (TPSA) is 126 Å². The third-order valence-electron chi connectivity index (χ3n) is 8.75. The first-order valence-corrected chi connectivity index (χ1v) is 17.9. The number of amides is 3. The highest BCUT2D eigenvalue weighted by Gasteiger charge is 2.42. The van der Waals surface area contributed by atoms with Crippen molar-refractivity contribution in [2.24, 2.45) is 11.8 Å². The number of nitrogens with one attached hydrogen (secondary N) is 1. The van der Waals surface area contributed by atoms with E-state index in [1.807, 2.05) is 81.7 Å². The Morgan fingerprint density at radius 1 is 1.04 bits per heavy atom. The Bertz CT molecular complexity index is 1440. The van der Waals surface area contributed by atoms with Crippen molar-refractivity contribution in [1.29, 1.82) is 0 Å². The first-order chi connectivity index (χ1) is 23.6. The molecular formula is C38H58N6O6. The standard InChI is InChI=1S/C38H58N6O6/c1-26(2)22-44(34(46)30-21-40-35(37(3,4)5)41-32(30)39-16-13-18-48-9)29-20-28(23-43(24-29)36(47)50-38(6,7)8)33(45)42-17-19-49-31(25-42)27-14-11-10-12-15-27/h10-12,14-15,21,26,28-29,31H,13,16-20,22-25H2,1-9H3,(H,39,40,41)/t28-,29+,31?/m1/s1. The fourth-order valence-electron chi connectivity index (χ4n) is 6.33. The minimum atomic E-state index is -0.723. The second-order valence-corrected chi connectivity index (χ2v) is 15.9. The van der Waals surface area contributed by atoms with Crippen molar-refractivity contribution in [2.45, 2.75) is 91.4 Å². The zero-order chi connectivity index (χ0) is 36.6. The number of hydrogen-bond acceptors (Lipinski definition) is 9. The van der Waals surface area contributed by atoms with Crippen LogP contribution < -0.4 is 5.32 Å². The maximum Gasteiger partial charge on any atom is 0.410 e. The third kappa shape index (κ3) is 10.6. The van der Waals surface area contributed by atoms with Gasteiger partial charge in [-0.3, -0.25) is 9.59 Å². The molecule has 3 amide bonds. The largest absolute Gasteiger partial charge is 0.444 e. The maximum atomic E-state index is 14.7. The van der Waals surface area contributed by atoms with Crippen LogP contribution in [-0.2, 0) is 24.4 Å². The minimum absolute atomic E-state index is 0.0530. The van der Waals surface area contributed by atoms with Gasteiger partial charge in [0, 0.05) is 58.1 Å². The molecule has 2 saturated heterocycles. The molecule has 4 rings (SSSR count). The number of nitrogens with zero attached hydrogens (tertiary/aromatic N) is 5. The normalized spacial score (nSPS) is 20.1. The molecule has 1 N–H and O–H groups in total. The molecule has 2 aliphatic rings. The number of aromatic nitrogens is 2. The lowest BCUT2D eigenvalue weighted by atomic mass is 9.90. The summed E-state index contributed by atoms with van der Waals surface area (Å²) in [6, 6.07) is 9.45. The van der Waals surface area contributed by atoms with Crippen LogP contribution in [0.4, 0.5) is 10.6 Å². The lowest BCUT2D eigenvalue weighted by molar-refractivity contribution is -0.145. The van der Waals surface area contributed by atoms with Gasteiger partial charge in [-0.15, -0.1) is 0 Å². The summed E-state index contributed by atoms with van der Waals surface area (Å²) in [5.74, 6) is 0.368. The molecule has 1 unspecified atom stereocenters. The summed E-state index contributed by atoms with van der Waals surface area (Å²) < 4.78 is 17.1. The molecule has 0 saturated carbocycles. The van der Waals surface area contributed by atoms with E-state index in [1.165, 1.54) is 0 Å². The number of rotatable bonds is 11. The van der Waals surface area contributed by atoms with E-state index in [1.54, 1.807) is 18.2 Å². The van der Waals surface area contributed by atoms with Crippen LogP contribution >= 0.6 is 0 Å². The van der Waals surface area contributed by atoms with E-state index >= 15 is 0 Å². The highest BCUT2D eigenvalue weighted by molar-refractivity contribution is 5.98. The Labute approximate surface area is 298 Å². The molecule has 0 radical (unpaired) electrons. The van der Waals surface area contributed by atoms with Gasteiger partial charge in [-0.05, 0) is 45.1 Å². The SMILES string of the molecule is COCCCNc1nc(C(C)(C)C)ncc1C(=O)N(CC(C)C)[C@H]1C[C@@H](C(=O)N2CCOC(c3ccccc3)C2)CN(C(=O)OC(C)(C)C)C1. The molecule has 3 heterocycles. The Balaban J connectivity index is 1.67. The average Bonchev–Trinajstić information content (AvgIpc) is 3.07. The number of likely N-dealkylation sites (tertiary alicyclic amines) is 1. The molecule has 3 atom stereocenters. The first kappa shape index (κ1) is 39.0. The number of hydrogen-bond donors (Lipinski definition) is 1. The van der Waals surface area contributed by atoms with Crippen LogP contribution in [0.15, 0.2) is 36.5 Å². The molecule has 12 heteroatoms. The number of anilines is 1. The van der Waals surface area contributed by atoms with Crippen molar-refractivity contribution in [1.82, 2.24) is 24.7 Å². The van der Waals surface area contributed by atoms with E-state index in [2.05, 4.69) is 24.1 Å². The number of morpholine rings is 1. The van der Waals surface area contributed by atoms with Crippen molar-refractivity contribution in [3.8, 4) is 0 Å². The Morgan fingerprint density at radius 3 is 2.40 bits per heavy atom. The molecule has 50 heavy (non-hydrogen) atoms. The molecule has 12 nitrogen and oxygen atoms in total. The van der Waals surface area contributed by atoms with Gasteiger partial charge in [-0.2, -0.15) is 0 Å². The fourth-order valence-corrected chi connectivity index (χ4v) is 6.33. The number of benzene rings is 1. The van der Waals surface area contributed by atoms with Crippen molar-refractivity contribution in [3.05, 3.63) is 53.5 Å². The molecule has 2 fully saturated rings. The molecule has 0 aliphatic carbocycles. The first-order valence-electron chi connectivity index (χ1n) is 17.9. The maximum absolute atomic E-state index is 14.7. The lowest BCUT2D eigenvalue weighted by Gasteiger charge is -2.44. The summed E-state index contributed by atoms with van der Waals surface area (Å²) in [6.45, 7) is 19.0. The number of methoxy groups -OCH3 is 1. The fraction of sp³-hybridized carbons (Fsp3) is 0.658. The highest BCUT2D eigenvalue weighted by atomic mass is 16.6. The van der Waals surface area contributed by atoms with E-state index in [-0.39, 0.29) is 42.3 Å². The summed E-state index contributed by atoms with van der Waals surface area (Å²) in [4.78, 5) is 57.3. The van der Waals surface area contributed by atoms with Crippen molar-refractivity contribution < 1.29 is 28.6 Å². The van der Waals surface area contributed by atoms with Gasteiger partial charge in [0.25, 0.3) is 5.91 Å². The summed E-state index contributed by atoms with van der Waals surface area (Å²) in [5, 5.41) is 3.36. The second kappa shape index (κ2) is 17.0. The molecule has 0 spiro atoms. The summed E-state index contributed by atoms with van der Waals surface area (Å²) in [5.41, 5.74) is 0.320. The zero-order valence-electron chi connectivity index (χ0n) is 31.5. The van der Waals surface area contributed by atoms with E-state index in [0.29, 0.717) is 63.0 Å². The zero-order valence-corrected chi connectivity index (χ0v) is 31.5. The molecular weight excluding hydrogens is 636 g/mol. The Hall–Kier alpha value is -3.77. The van der Waals surface area contributed by atoms with Crippen molar-refractivity contribution >= 4 is 23.7 Å². The van der Waals surface area contributed by atoms with Crippen LogP contribution in [0.2, 0.25) is 0 Å². The summed E-state index contributed by atoms with van der Waals surface area (Å²) >= 11 is 0. The molecule has 1 aromatic carbocycles. The smallest absolute Gasteiger partial charge is 0.410 e. The second-order valence-electron chi connectivity index (χ2n) is 15.9. The van der Waals surface area contributed by atoms with Gasteiger partial charge in [0.2, 0.25) is 5.91 Å². The molecule has 276 valence electrons. The van der Waals surface area contributed by atoms with E-state index in [0.717, 1.165) is 12.0 Å². The van der Waals surface area contributed by atoms with Crippen molar-refractivity contribution in [2.75, 3.05) is 64.9 Å². The minimum Gasteiger partial charge on any atom is -0.444 e. The van der Waals surface area contributed by atoms with E-state index in [4.69, 9.17) is 19.2 Å². The van der Waals surface area contributed by atoms with Crippen LogP contribution in [0.1, 0.15) is 96.1 Å². The summed E-state index contributed by atoms with van der Waals surface area (Å²) in [7, 11) is 1.66. The van der Waals surface area contributed by atoms with E-state index < -0.39 is 23.7 Å². The summed E-state index contributed by atoms with van der Waals surface area (Å²) in [6.07, 6.45) is 2.01. The van der Waals surface area contributed by atoms with Gasteiger partial charge in [0.15, 0.2) is 0 Å². The lowest BCUT2D eigenvalue weighted by Crippen LogP contribution is -2.58.